The molecule has 0 aliphatic carbocycles. The van der Waals surface area contributed by atoms with Crippen LogP contribution in [0.4, 0.5) is 4.79 Å². The molecule has 0 saturated heterocycles. The van der Waals surface area contributed by atoms with E-state index in [9.17, 15) is 9.59 Å². The topological polar surface area (TPSA) is 64.6 Å². The molecule has 5 nitrogen and oxygen atoms in total. The molecule has 0 radical (unpaired) electrons. The van der Waals surface area contributed by atoms with Crippen molar-refractivity contribution in [2.45, 2.75) is 38.8 Å². The lowest BCUT2D eigenvalue weighted by Gasteiger charge is -2.22. The molecule has 1 atom stereocenters. The summed E-state index contributed by atoms with van der Waals surface area (Å²) in [5.74, 6) is -0.349. The number of alkyl halides is 1. The van der Waals surface area contributed by atoms with E-state index in [1.807, 2.05) is 0 Å². The number of ether oxygens (including phenoxy) is 2. The van der Waals surface area contributed by atoms with Crippen LogP contribution in [0.25, 0.3) is 0 Å². The Labute approximate surface area is 109 Å². The maximum absolute atomic E-state index is 11.4. The number of esters is 1. The average Bonchev–Trinajstić information content (AvgIpc) is 2.13. The highest BCUT2D eigenvalue weighted by molar-refractivity contribution is 14.1. The normalized spacial score (nSPS) is 12.8. The van der Waals surface area contributed by atoms with E-state index in [1.165, 1.54) is 7.11 Å². The minimum atomic E-state index is -0.537. The van der Waals surface area contributed by atoms with Gasteiger partial charge in [0, 0.05) is 4.43 Å². The fourth-order valence-electron chi connectivity index (χ4n) is 0.903. The molecule has 94 valence electrons. The van der Waals surface area contributed by atoms with Crippen molar-refractivity contribution < 1.29 is 19.1 Å². The first-order chi connectivity index (χ1) is 7.28. The number of hydrogen-bond acceptors (Lipinski definition) is 4. The quantitative estimate of drug-likeness (QED) is 0.481. The highest BCUT2D eigenvalue weighted by Gasteiger charge is 2.20. The molecule has 0 aromatic heterocycles. The molecule has 16 heavy (non-hydrogen) atoms. The van der Waals surface area contributed by atoms with Crippen molar-refractivity contribution in [3.8, 4) is 0 Å². The predicted molar refractivity (Wildman–Crippen MR) is 68.7 cm³/mol. The van der Waals surface area contributed by atoms with Gasteiger partial charge in [0.25, 0.3) is 0 Å². The summed E-state index contributed by atoms with van der Waals surface area (Å²) in [7, 11) is 1.32. The lowest BCUT2D eigenvalue weighted by atomic mass is 10.2. The molecular formula is C10H18INO4. The number of carbonyl (C=O) groups is 2. The van der Waals surface area contributed by atoms with Gasteiger partial charge >= 0.3 is 12.1 Å². The van der Waals surface area contributed by atoms with Gasteiger partial charge in [-0.3, -0.25) is 4.79 Å². The largest absolute Gasteiger partial charge is 0.469 e. The second kappa shape index (κ2) is 6.93. The van der Waals surface area contributed by atoms with E-state index < -0.39 is 11.7 Å². The van der Waals surface area contributed by atoms with Gasteiger partial charge in [0.2, 0.25) is 0 Å². The van der Waals surface area contributed by atoms with Gasteiger partial charge in [0.15, 0.2) is 0 Å². The molecule has 0 aliphatic rings. The first-order valence-corrected chi connectivity index (χ1v) is 6.43. The number of methoxy groups -OCH3 is 1. The van der Waals surface area contributed by atoms with E-state index in [-0.39, 0.29) is 18.4 Å². The second-order valence-electron chi connectivity index (χ2n) is 4.28. The summed E-state index contributed by atoms with van der Waals surface area (Å²) in [5, 5.41) is 2.62. The Morgan fingerprint density at radius 3 is 2.31 bits per heavy atom. The van der Waals surface area contributed by atoms with E-state index >= 15 is 0 Å². The first kappa shape index (κ1) is 15.5. The smallest absolute Gasteiger partial charge is 0.407 e. The number of carbonyl (C=O) groups excluding carboxylic acids is 2. The minimum Gasteiger partial charge on any atom is -0.469 e. The molecule has 0 heterocycles. The van der Waals surface area contributed by atoms with Crippen molar-refractivity contribution >= 4 is 34.7 Å². The lowest BCUT2D eigenvalue weighted by molar-refractivity contribution is -0.140. The van der Waals surface area contributed by atoms with Gasteiger partial charge in [-0.05, 0) is 20.8 Å². The maximum atomic E-state index is 11.4. The van der Waals surface area contributed by atoms with Crippen molar-refractivity contribution in [3.63, 3.8) is 0 Å². The van der Waals surface area contributed by atoms with E-state index in [0.29, 0.717) is 4.43 Å². The molecule has 0 aliphatic heterocycles. The van der Waals surface area contributed by atoms with E-state index in [0.717, 1.165) is 0 Å². The van der Waals surface area contributed by atoms with Crippen LogP contribution in [0, 0.1) is 0 Å². The fraction of sp³-hybridized carbons (Fsp3) is 0.800. The molecule has 1 unspecified atom stereocenters. The third kappa shape index (κ3) is 7.72. The third-order valence-electron chi connectivity index (χ3n) is 1.55. The summed E-state index contributed by atoms with van der Waals surface area (Å²) in [5.41, 5.74) is -0.537. The zero-order valence-corrected chi connectivity index (χ0v) is 12.2. The molecule has 0 rings (SSSR count). The molecule has 0 aromatic carbocycles. The van der Waals surface area contributed by atoms with Crippen LogP contribution in [-0.2, 0) is 14.3 Å². The highest BCUT2D eigenvalue weighted by Crippen LogP contribution is 2.08. The van der Waals surface area contributed by atoms with E-state index in [2.05, 4.69) is 32.6 Å². The van der Waals surface area contributed by atoms with Crippen LogP contribution in [0.2, 0.25) is 0 Å². The zero-order valence-electron chi connectivity index (χ0n) is 10.0. The Morgan fingerprint density at radius 1 is 1.38 bits per heavy atom. The van der Waals surface area contributed by atoms with E-state index in [1.54, 1.807) is 20.8 Å². The predicted octanol–water partition coefficient (Wildman–Crippen LogP) is 1.88. The molecule has 0 saturated carbocycles. The summed E-state index contributed by atoms with van der Waals surface area (Å²) in [6, 6.07) is -0.261. The van der Waals surface area contributed by atoms with Crippen molar-refractivity contribution in [1.82, 2.24) is 5.32 Å². The number of hydrogen-bond donors (Lipinski definition) is 1. The highest BCUT2D eigenvalue weighted by atomic mass is 127. The Bertz CT molecular complexity index is 250. The van der Waals surface area contributed by atoms with Gasteiger partial charge in [0.1, 0.15) is 5.60 Å². The number of rotatable bonds is 4. The number of nitrogens with one attached hydrogen (secondary N) is 1. The van der Waals surface area contributed by atoms with Crippen molar-refractivity contribution in [3.05, 3.63) is 0 Å². The van der Waals surface area contributed by atoms with Gasteiger partial charge in [-0.15, -0.1) is 0 Å². The van der Waals surface area contributed by atoms with Crippen LogP contribution in [0.15, 0.2) is 0 Å². The van der Waals surface area contributed by atoms with Crippen LogP contribution in [0.3, 0.4) is 0 Å². The summed E-state index contributed by atoms with van der Waals surface area (Å²) in [6.45, 7) is 5.35. The maximum Gasteiger partial charge on any atom is 0.407 e. The SMILES string of the molecule is COC(=O)CC(CI)NC(=O)OC(C)(C)C. The molecule has 6 heteroatoms. The van der Waals surface area contributed by atoms with Gasteiger partial charge < -0.3 is 14.8 Å². The van der Waals surface area contributed by atoms with Gasteiger partial charge in [0.05, 0.1) is 19.6 Å². The number of alkyl carbamates (subject to hydrolysis) is 1. The fourth-order valence-corrected chi connectivity index (χ4v) is 1.43. The third-order valence-corrected chi connectivity index (χ3v) is 2.61. The number of amides is 1. The summed E-state index contributed by atoms with van der Waals surface area (Å²) in [6.07, 6.45) is -0.364. The van der Waals surface area contributed by atoms with Gasteiger partial charge in [-0.2, -0.15) is 0 Å². The summed E-state index contributed by atoms with van der Waals surface area (Å²) >= 11 is 2.09. The Hall–Kier alpha value is -0.530. The molecule has 0 bridgehead atoms. The molecule has 0 aromatic rings. The summed E-state index contributed by atoms with van der Waals surface area (Å²) in [4.78, 5) is 22.4. The Kier molecular flexibility index (Phi) is 6.70. The van der Waals surface area contributed by atoms with Crippen LogP contribution in [0.5, 0.6) is 0 Å². The van der Waals surface area contributed by atoms with E-state index in [4.69, 9.17) is 4.74 Å². The Balaban J connectivity index is 4.12. The summed E-state index contributed by atoms with van der Waals surface area (Å²) < 4.78 is 10.2. The second-order valence-corrected chi connectivity index (χ2v) is 5.16. The molecule has 1 amide bonds. The van der Waals surface area contributed by atoms with Crippen LogP contribution >= 0.6 is 22.6 Å². The van der Waals surface area contributed by atoms with Crippen molar-refractivity contribution in [2.24, 2.45) is 0 Å². The standard InChI is InChI=1S/C10H18INO4/c1-10(2,3)16-9(14)12-7(6-11)5-8(13)15-4/h7H,5-6H2,1-4H3,(H,12,14). The van der Waals surface area contributed by atoms with Crippen LogP contribution in [0.1, 0.15) is 27.2 Å². The minimum absolute atomic E-state index is 0.151. The van der Waals surface area contributed by atoms with Gasteiger partial charge in [-0.1, -0.05) is 22.6 Å². The van der Waals surface area contributed by atoms with Crippen molar-refractivity contribution in [2.75, 3.05) is 11.5 Å². The monoisotopic (exact) mass is 343 g/mol. The molecule has 1 N–H and O–H groups in total. The Morgan fingerprint density at radius 2 is 1.94 bits per heavy atom. The molecule has 0 spiro atoms. The lowest BCUT2D eigenvalue weighted by Crippen LogP contribution is -2.41. The first-order valence-electron chi connectivity index (χ1n) is 4.90. The number of halogens is 1. The molecular weight excluding hydrogens is 325 g/mol. The van der Waals surface area contributed by atoms with Crippen molar-refractivity contribution in [1.29, 1.82) is 0 Å². The molecule has 0 fully saturated rings. The van der Waals surface area contributed by atoms with Gasteiger partial charge in [-0.25, -0.2) is 4.79 Å². The zero-order chi connectivity index (χ0) is 12.8. The van der Waals surface area contributed by atoms with Crippen LogP contribution < -0.4 is 5.32 Å². The van der Waals surface area contributed by atoms with Crippen LogP contribution in [-0.4, -0.2) is 35.2 Å². The average molecular weight is 343 g/mol.